The zero-order valence-electron chi connectivity index (χ0n) is 59.7. The Kier molecular flexibility index (Phi) is 19.3. The molecule has 22 rings (SSSR count). The average Bonchev–Trinajstić information content (AvgIpc) is 1.74. The van der Waals surface area contributed by atoms with E-state index < -0.39 is 0 Å². The standard InChI is InChI=1S/2C34H19N3SSe2.C27H17N3SSe2/c35-20-25(34-36-27-18-23-15-21-7-1-2-8-22(21)16-24(23)19-30(27)38-34)17-26-13-14-33(39-26)37-28-9-3-5-11-31(28)40-32-12-6-4-10-29(32)37;35-20-23(34-36-27-19-26-22(18-30(27)38-34)14-13-21-7-1-2-8-25(21)26)17-24-15-16-33(39-24)37-28-9-3-5-11-31(28)40-32-12-6-4-10-29(32)37;1-17-10-12-20-23(14-17)31-27(29-20)18(16-28)15-19-11-13-26(32-19)30-21-6-2-4-8-24(21)33-25-9-5-3-7-22(25)30/h2*1-19H;2-15H,1H3/b25-17+;23-17+;18-15+. The van der Waals surface area contributed by atoms with Crippen molar-refractivity contribution in [1.82, 2.24) is 15.0 Å². The number of hydrogen-bond acceptors (Lipinski definition) is 12. The van der Waals surface area contributed by atoms with Gasteiger partial charge in [0.25, 0.3) is 0 Å². The summed E-state index contributed by atoms with van der Waals surface area (Å²) >= 11 is 5.92. The van der Waals surface area contributed by atoms with Crippen molar-refractivity contribution in [2.45, 2.75) is 6.92 Å². The van der Waals surface area contributed by atoms with Gasteiger partial charge in [0.1, 0.15) is 0 Å². The van der Waals surface area contributed by atoms with Crippen molar-refractivity contribution in [2.24, 2.45) is 0 Å². The normalized spacial score (nSPS) is 13.0. The third kappa shape index (κ3) is 13.9. The Morgan fingerprint density at radius 1 is 0.301 bits per heavy atom. The van der Waals surface area contributed by atoms with Crippen LogP contribution in [0.25, 0.3) is 109 Å². The molecule has 0 fully saturated rings. The van der Waals surface area contributed by atoms with Gasteiger partial charge in [0.05, 0.1) is 0 Å². The molecule has 0 N–H and O–H groups in total. The zero-order valence-corrected chi connectivity index (χ0v) is 72.4. The second-order valence-corrected chi connectivity index (χ2v) is 43.7. The molecular weight excluding hydrogens is 1840 g/mol. The molecule has 19 aromatic rings. The molecule has 13 aromatic carbocycles. The molecule has 0 radical (unpaired) electrons. The van der Waals surface area contributed by atoms with E-state index in [0.29, 0.717) is 61.6 Å². The second-order valence-electron chi connectivity index (χ2n) is 26.9. The molecule has 0 saturated heterocycles. The van der Waals surface area contributed by atoms with E-state index in [4.69, 9.17) is 15.0 Å². The summed E-state index contributed by atoms with van der Waals surface area (Å²) in [5, 5.41) is 42.2. The first kappa shape index (κ1) is 71.3. The number of nitriles is 3. The topological polar surface area (TPSA) is 120 Å². The van der Waals surface area contributed by atoms with Crippen LogP contribution in [0.2, 0.25) is 0 Å². The van der Waals surface area contributed by atoms with Gasteiger partial charge in [-0.3, -0.25) is 0 Å². The van der Waals surface area contributed by atoms with Gasteiger partial charge in [0, 0.05) is 0 Å². The molecule has 0 aliphatic carbocycles. The van der Waals surface area contributed by atoms with Crippen LogP contribution in [0.5, 0.6) is 0 Å². The number of rotatable bonds is 9. The molecule has 113 heavy (non-hydrogen) atoms. The van der Waals surface area contributed by atoms with Crippen molar-refractivity contribution in [3.63, 3.8) is 0 Å². The minimum absolute atomic E-state index is 0.0664. The Hall–Kier alpha value is -10.8. The van der Waals surface area contributed by atoms with Crippen LogP contribution in [-0.4, -0.2) is 103 Å². The van der Waals surface area contributed by atoms with Crippen molar-refractivity contribution in [2.75, 3.05) is 14.7 Å². The SMILES string of the molecule is Cc1ccc2nc(/C(C#N)=C/c3ccc(N4c5ccccc5[Se]c5ccccc54)[se]3)sc2c1.N#C/C(=C\c1ccc(N2c3ccccc3[Se]c3ccccc32)[se]1)c1nc2cc3c(ccc4ccccc43)cc2s1.N#C/C(=C\c1ccc(N2c3ccccc3[Se]c3ccccc32)[se]1)c1nc2cc3cc4ccccc4cc3cc2s1. The van der Waals surface area contributed by atoms with Gasteiger partial charge in [-0.2, -0.15) is 0 Å². The fourth-order valence-electron chi connectivity index (χ4n) is 14.5. The average molecular weight is 1890 g/mol. The van der Waals surface area contributed by atoms with Crippen molar-refractivity contribution in [1.29, 1.82) is 15.8 Å². The summed E-state index contributed by atoms with van der Waals surface area (Å²) < 4.78 is 19.2. The first-order chi connectivity index (χ1) is 55.7. The number of benzene rings is 13. The van der Waals surface area contributed by atoms with E-state index in [1.165, 1.54) is 137 Å². The van der Waals surface area contributed by atoms with Crippen molar-refractivity contribution < 1.29 is 0 Å². The Balaban J connectivity index is 0.000000111. The number of para-hydroxylation sites is 6. The van der Waals surface area contributed by atoms with Crippen LogP contribution < -0.4 is 41.5 Å². The summed E-state index contributed by atoms with van der Waals surface area (Å²) in [4.78, 5) is 21.8. The van der Waals surface area contributed by atoms with Crippen molar-refractivity contribution in [3.05, 3.63) is 331 Å². The molecule has 534 valence electrons. The summed E-state index contributed by atoms with van der Waals surface area (Å²) in [6, 6.07) is 114. The number of fused-ring (bicyclic) bond motifs is 14. The van der Waals surface area contributed by atoms with Crippen LogP contribution in [-0.2, 0) is 0 Å². The van der Waals surface area contributed by atoms with Crippen LogP contribution >= 0.6 is 34.0 Å². The Labute approximate surface area is 700 Å². The number of anilines is 9. The predicted molar refractivity (Wildman–Crippen MR) is 483 cm³/mol. The monoisotopic (exact) mass is 1900 g/mol. The van der Waals surface area contributed by atoms with Gasteiger partial charge in [-0.15, -0.1) is 0 Å². The molecule has 9 heterocycles. The van der Waals surface area contributed by atoms with E-state index in [-0.39, 0.29) is 43.5 Å². The predicted octanol–water partition coefficient (Wildman–Crippen LogP) is 19.5. The molecule has 0 bridgehead atoms. The van der Waals surface area contributed by atoms with E-state index in [2.05, 4.69) is 331 Å². The first-order valence-corrected chi connectivity index (χ1v) is 48.9. The third-order valence-corrected chi connectivity index (χ3v) is 36.4. The van der Waals surface area contributed by atoms with E-state index in [1.54, 1.807) is 34.0 Å². The van der Waals surface area contributed by atoms with Crippen molar-refractivity contribution >= 4 is 306 Å². The summed E-state index contributed by atoms with van der Waals surface area (Å²) in [5.74, 6) is 0. The van der Waals surface area contributed by atoms with Gasteiger partial charge < -0.3 is 0 Å². The maximum absolute atomic E-state index is 10.2. The van der Waals surface area contributed by atoms with Crippen LogP contribution in [0.4, 0.5) is 47.8 Å². The molecular formula is C95H55N9S3Se6. The Morgan fingerprint density at radius 2 is 0.637 bits per heavy atom. The summed E-state index contributed by atoms with van der Waals surface area (Å²) in [7, 11) is 0. The van der Waals surface area contributed by atoms with Crippen LogP contribution in [0.1, 0.15) is 33.9 Å². The number of allylic oxidation sites excluding steroid dienone is 3. The summed E-state index contributed by atoms with van der Waals surface area (Å²) in [6.45, 7) is 2.08. The molecule has 0 atom stereocenters. The number of nitrogens with zero attached hydrogens (tertiary/aromatic N) is 9. The fraction of sp³-hybridized carbons (Fsp3) is 0.0105. The van der Waals surface area contributed by atoms with E-state index in [9.17, 15) is 15.8 Å². The first-order valence-electron chi connectivity index (χ1n) is 36.1. The number of hydrogen-bond donors (Lipinski definition) is 0. The molecule has 9 nitrogen and oxygen atoms in total. The van der Waals surface area contributed by atoms with Crippen LogP contribution in [0.3, 0.4) is 0 Å². The molecule has 18 heteroatoms. The third-order valence-electron chi connectivity index (χ3n) is 19.7. The molecule has 0 spiro atoms. The van der Waals surface area contributed by atoms with E-state index >= 15 is 0 Å². The number of aryl methyl sites for hydroxylation is 1. The molecule has 0 unspecified atom stereocenters. The number of aromatic nitrogens is 3. The molecule has 3 aliphatic rings. The van der Waals surface area contributed by atoms with E-state index in [1.807, 2.05) is 24.3 Å². The van der Waals surface area contributed by atoms with E-state index in [0.717, 1.165) is 45.7 Å². The minimum atomic E-state index is 0.0664. The fourth-order valence-corrected chi connectivity index (χ4v) is 30.2. The van der Waals surface area contributed by atoms with Crippen LogP contribution in [0, 0.1) is 40.9 Å². The number of thiazole rings is 3. The zero-order chi connectivity index (χ0) is 75.6. The van der Waals surface area contributed by atoms with Gasteiger partial charge in [0.15, 0.2) is 0 Å². The van der Waals surface area contributed by atoms with Crippen molar-refractivity contribution in [3.8, 4) is 18.2 Å². The molecule has 0 amide bonds. The van der Waals surface area contributed by atoms with Crippen LogP contribution in [0.15, 0.2) is 297 Å². The van der Waals surface area contributed by atoms with Gasteiger partial charge in [-0.25, -0.2) is 0 Å². The maximum atomic E-state index is 10.2. The Bertz CT molecular complexity index is 7080. The molecule has 0 saturated carbocycles. The summed E-state index contributed by atoms with van der Waals surface area (Å²) in [6.07, 6.45) is 6.11. The summed E-state index contributed by atoms with van der Waals surface area (Å²) in [5.41, 5.74) is 13.6. The molecule has 3 aliphatic heterocycles. The van der Waals surface area contributed by atoms with Gasteiger partial charge in [-0.05, 0) is 0 Å². The van der Waals surface area contributed by atoms with Gasteiger partial charge in [-0.1, -0.05) is 0 Å². The quantitative estimate of drug-likeness (QED) is 0.0602. The molecule has 6 aromatic heterocycles. The van der Waals surface area contributed by atoms with Gasteiger partial charge in [0.2, 0.25) is 0 Å². The van der Waals surface area contributed by atoms with Gasteiger partial charge >= 0.3 is 707 Å². The Morgan fingerprint density at radius 3 is 1.05 bits per heavy atom. The second kappa shape index (κ2) is 30.6.